The molecule has 0 spiro atoms. The van der Waals surface area contributed by atoms with Crippen LogP contribution >= 0.6 is 0 Å². The highest BCUT2D eigenvalue weighted by atomic mass is 32.2. The van der Waals surface area contributed by atoms with Gasteiger partial charge in [0.15, 0.2) is 6.29 Å². The number of alkyl halides is 3. The summed E-state index contributed by atoms with van der Waals surface area (Å²) in [7, 11) is -4.00. The van der Waals surface area contributed by atoms with Crippen molar-refractivity contribution in [3.63, 3.8) is 0 Å². The maximum absolute atomic E-state index is 13.0. The molecule has 0 aliphatic carbocycles. The van der Waals surface area contributed by atoms with Crippen molar-refractivity contribution in [2.75, 3.05) is 39.4 Å². The van der Waals surface area contributed by atoms with Crippen molar-refractivity contribution < 1.29 is 40.6 Å². The average Bonchev–Trinajstić information content (AvgIpc) is 3.33. The van der Waals surface area contributed by atoms with E-state index in [4.69, 9.17) is 9.47 Å². The van der Waals surface area contributed by atoms with E-state index < -0.39 is 22.1 Å². The minimum absolute atomic E-state index is 0.0272. The standard InChI is InChI=1S/C21H27F3N2O6S/c22-21(23,24)32-17-2-1-3-18(14-17)33(28,29)26-10-6-15(7-11-26)19(27)25-8-4-16(5-9-25)20-30-12-13-31-20/h1-3,14-16,20H,4-13H2. The van der Waals surface area contributed by atoms with E-state index in [2.05, 4.69) is 4.74 Å². The Hall–Kier alpha value is -1.89. The number of hydrogen-bond donors (Lipinski definition) is 0. The number of carbonyl (C=O) groups is 1. The summed E-state index contributed by atoms with van der Waals surface area (Å²) in [6.07, 6.45) is -2.75. The minimum Gasteiger partial charge on any atom is -0.406 e. The summed E-state index contributed by atoms with van der Waals surface area (Å²) in [5, 5.41) is 0. The number of ether oxygens (including phenoxy) is 3. The van der Waals surface area contributed by atoms with Gasteiger partial charge in [-0.05, 0) is 37.8 Å². The molecule has 1 amide bonds. The first kappa shape index (κ1) is 24.2. The first-order valence-electron chi connectivity index (χ1n) is 11.0. The fourth-order valence-corrected chi connectivity index (χ4v) is 6.13. The van der Waals surface area contributed by atoms with Gasteiger partial charge in [-0.1, -0.05) is 6.07 Å². The van der Waals surface area contributed by atoms with Gasteiger partial charge in [0.05, 0.1) is 18.1 Å². The summed E-state index contributed by atoms with van der Waals surface area (Å²) in [4.78, 5) is 14.5. The fraction of sp³-hybridized carbons (Fsp3) is 0.667. The summed E-state index contributed by atoms with van der Waals surface area (Å²) in [6.45, 7) is 2.71. The molecule has 33 heavy (non-hydrogen) atoms. The highest BCUT2D eigenvalue weighted by molar-refractivity contribution is 7.89. The van der Waals surface area contributed by atoms with Gasteiger partial charge in [-0.3, -0.25) is 4.79 Å². The fourth-order valence-electron chi connectivity index (χ4n) is 4.62. The van der Waals surface area contributed by atoms with Crippen LogP contribution < -0.4 is 4.74 Å². The van der Waals surface area contributed by atoms with Crippen LogP contribution in [0.2, 0.25) is 0 Å². The van der Waals surface area contributed by atoms with Crippen molar-refractivity contribution in [2.45, 2.75) is 43.2 Å². The maximum Gasteiger partial charge on any atom is 0.573 e. The van der Waals surface area contributed by atoms with Crippen LogP contribution in [0.3, 0.4) is 0 Å². The van der Waals surface area contributed by atoms with Gasteiger partial charge in [-0.25, -0.2) is 8.42 Å². The molecular formula is C21H27F3N2O6S. The summed E-state index contributed by atoms with van der Waals surface area (Å²) in [5.41, 5.74) is 0. The normalized spacial score (nSPS) is 22.6. The summed E-state index contributed by atoms with van der Waals surface area (Å²) >= 11 is 0. The van der Waals surface area contributed by atoms with E-state index in [-0.39, 0.29) is 42.0 Å². The number of sulfonamides is 1. The van der Waals surface area contributed by atoms with Crippen molar-refractivity contribution in [2.24, 2.45) is 11.8 Å². The SMILES string of the molecule is O=C(C1CCN(S(=O)(=O)c2cccc(OC(F)(F)F)c2)CC1)N1CCC(C2OCCO2)CC1. The second-order valence-electron chi connectivity index (χ2n) is 8.47. The number of likely N-dealkylation sites (tertiary alicyclic amines) is 1. The van der Waals surface area contributed by atoms with Gasteiger partial charge in [-0.2, -0.15) is 4.31 Å². The molecule has 1 aromatic carbocycles. The van der Waals surface area contributed by atoms with E-state index in [9.17, 15) is 26.4 Å². The Balaban J connectivity index is 1.31. The molecule has 3 saturated heterocycles. The van der Waals surface area contributed by atoms with E-state index in [1.807, 2.05) is 4.90 Å². The van der Waals surface area contributed by atoms with Crippen LogP contribution in [0.5, 0.6) is 5.75 Å². The molecule has 0 saturated carbocycles. The van der Waals surface area contributed by atoms with Gasteiger partial charge in [-0.15, -0.1) is 13.2 Å². The smallest absolute Gasteiger partial charge is 0.406 e. The zero-order valence-corrected chi connectivity index (χ0v) is 18.8. The van der Waals surface area contributed by atoms with Gasteiger partial charge in [0.25, 0.3) is 0 Å². The molecule has 3 aliphatic heterocycles. The molecule has 0 atom stereocenters. The molecule has 8 nitrogen and oxygen atoms in total. The zero-order valence-electron chi connectivity index (χ0n) is 18.0. The predicted octanol–water partition coefficient (Wildman–Crippen LogP) is 2.60. The van der Waals surface area contributed by atoms with Crippen LogP contribution in [0.1, 0.15) is 25.7 Å². The summed E-state index contributed by atoms with van der Waals surface area (Å²) < 4.78 is 79.4. The molecule has 3 heterocycles. The third kappa shape index (κ3) is 5.79. The van der Waals surface area contributed by atoms with Crippen molar-refractivity contribution in [3.8, 4) is 5.75 Å². The third-order valence-electron chi connectivity index (χ3n) is 6.36. The third-order valence-corrected chi connectivity index (χ3v) is 8.26. The highest BCUT2D eigenvalue weighted by Gasteiger charge is 2.37. The second kappa shape index (κ2) is 9.77. The number of halogens is 3. The Morgan fingerprint density at radius 2 is 1.64 bits per heavy atom. The monoisotopic (exact) mass is 492 g/mol. The zero-order chi connectivity index (χ0) is 23.6. The van der Waals surface area contributed by atoms with Gasteiger partial charge in [0.2, 0.25) is 15.9 Å². The first-order valence-corrected chi connectivity index (χ1v) is 12.5. The first-order chi connectivity index (χ1) is 15.6. The van der Waals surface area contributed by atoms with Gasteiger partial charge in [0, 0.05) is 44.1 Å². The van der Waals surface area contributed by atoms with Crippen LogP contribution in [-0.4, -0.2) is 75.6 Å². The average molecular weight is 493 g/mol. The lowest BCUT2D eigenvalue weighted by atomic mass is 9.92. The van der Waals surface area contributed by atoms with E-state index in [0.717, 1.165) is 25.0 Å². The van der Waals surface area contributed by atoms with Gasteiger partial charge >= 0.3 is 6.36 Å². The van der Waals surface area contributed by atoms with Crippen LogP contribution in [0.15, 0.2) is 29.2 Å². The lowest BCUT2D eigenvalue weighted by Crippen LogP contribution is -2.47. The van der Waals surface area contributed by atoms with E-state index in [1.165, 1.54) is 16.4 Å². The Morgan fingerprint density at radius 1 is 1.00 bits per heavy atom. The molecule has 12 heteroatoms. The molecule has 1 aromatic rings. The minimum atomic E-state index is -4.91. The molecular weight excluding hydrogens is 465 g/mol. The summed E-state index contributed by atoms with van der Waals surface area (Å²) in [6, 6.07) is 4.35. The number of carbonyl (C=O) groups excluding carboxylic acids is 1. The second-order valence-corrected chi connectivity index (χ2v) is 10.4. The molecule has 3 fully saturated rings. The van der Waals surface area contributed by atoms with Crippen LogP contribution in [0.4, 0.5) is 13.2 Å². The van der Waals surface area contributed by atoms with Crippen LogP contribution in [0, 0.1) is 11.8 Å². The van der Waals surface area contributed by atoms with E-state index in [1.54, 1.807) is 0 Å². The number of nitrogens with zero attached hydrogens (tertiary/aromatic N) is 2. The maximum atomic E-state index is 13.0. The molecule has 0 bridgehead atoms. The Morgan fingerprint density at radius 3 is 2.24 bits per heavy atom. The van der Waals surface area contributed by atoms with E-state index in [0.29, 0.717) is 39.1 Å². The molecule has 3 aliphatic rings. The summed E-state index contributed by atoms with van der Waals surface area (Å²) in [5.74, 6) is -0.558. The lowest BCUT2D eigenvalue weighted by molar-refractivity contribution is -0.274. The number of rotatable bonds is 5. The molecule has 0 radical (unpaired) electrons. The Labute approximate surface area is 190 Å². The van der Waals surface area contributed by atoms with Crippen molar-refractivity contribution in [1.82, 2.24) is 9.21 Å². The highest BCUT2D eigenvalue weighted by Crippen LogP contribution is 2.31. The molecule has 0 unspecified atom stereocenters. The van der Waals surface area contributed by atoms with E-state index >= 15 is 0 Å². The Kier molecular flexibility index (Phi) is 7.18. The lowest BCUT2D eigenvalue weighted by Gasteiger charge is -2.37. The topological polar surface area (TPSA) is 85.4 Å². The molecule has 4 rings (SSSR count). The molecule has 184 valence electrons. The van der Waals surface area contributed by atoms with Crippen molar-refractivity contribution in [1.29, 1.82) is 0 Å². The van der Waals surface area contributed by atoms with Crippen LogP contribution in [0.25, 0.3) is 0 Å². The van der Waals surface area contributed by atoms with Gasteiger partial charge in [0.1, 0.15) is 5.75 Å². The van der Waals surface area contributed by atoms with Crippen LogP contribution in [-0.2, 0) is 24.3 Å². The number of amides is 1. The largest absolute Gasteiger partial charge is 0.573 e. The molecule has 0 N–H and O–H groups in total. The number of piperidine rings is 2. The van der Waals surface area contributed by atoms with Crippen molar-refractivity contribution >= 4 is 15.9 Å². The Bertz CT molecular complexity index is 936. The number of benzene rings is 1. The quantitative estimate of drug-likeness (QED) is 0.628. The number of hydrogen-bond acceptors (Lipinski definition) is 6. The van der Waals surface area contributed by atoms with Crippen molar-refractivity contribution in [3.05, 3.63) is 24.3 Å². The predicted molar refractivity (Wildman–Crippen MR) is 110 cm³/mol. The van der Waals surface area contributed by atoms with Gasteiger partial charge < -0.3 is 19.1 Å². The molecule has 0 aromatic heterocycles.